The Morgan fingerprint density at radius 3 is 2.55 bits per heavy atom. The quantitative estimate of drug-likeness (QED) is 0.907. The van der Waals surface area contributed by atoms with Gasteiger partial charge in [0.25, 0.3) is 0 Å². The van der Waals surface area contributed by atoms with Crippen LogP contribution in [0.3, 0.4) is 0 Å². The molecular weight excluding hydrogens is 248 g/mol. The summed E-state index contributed by atoms with van der Waals surface area (Å²) in [6.45, 7) is 8.11. The van der Waals surface area contributed by atoms with E-state index in [9.17, 15) is 0 Å². The minimum atomic E-state index is 0.697. The van der Waals surface area contributed by atoms with Crippen molar-refractivity contribution in [3.63, 3.8) is 0 Å². The highest BCUT2D eigenvalue weighted by molar-refractivity contribution is 5.37. The Labute approximate surface area is 120 Å². The zero-order valence-corrected chi connectivity index (χ0v) is 12.5. The lowest BCUT2D eigenvalue weighted by Gasteiger charge is -2.13. The summed E-state index contributed by atoms with van der Waals surface area (Å²) in [6.07, 6.45) is 4.25. The number of rotatable bonds is 5. The van der Waals surface area contributed by atoms with Gasteiger partial charge in [0.05, 0.1) is 13.1 Å². The minimum absolute atomic E-state index is 0.697. The number of hydrogen-bond donors (Lipinski definition) is 1. The predicted octanol–water partition coefficient (Wildman–Crippen LogP) is 2.50. The molecule has 0 radical (unpaired) electrons. The Morgan fingerprint density at radius 2 is 1.90 bits per heavy atom. The van der Waals surface area contributed by atoms with Crippen molar-refractivity contribution >= 4 is 0 Å². The standard InChI is InChI=1S/C16H22N4/c1-11-6-12(2)15(13(3)7-11)9-20-16(18-10-19-20)8-17-14-4-5-14/h6-7,10,14,17H,4-5,8-9H2,1-3H3. The number of benzene rings is 1. The van der Waals surface area contributed by atoms with Crippen molar-refractivity contribution in [3.05, 3.63) is 46.5 Å². The molecule has 20 heavy (non-hydrogen) atoms. The largest absolute Gasteiger partial charge is 0.307 e. The van der Waals surface area contributed by atoms with E-state index in [2.05, 4.69) is 48.3 Å². The van der Waals surface area contributed by atoms with Gasteiger partial charge in [0.15, 0.2) is 0 Å². The molecule has 0 amide bonds. The minimum Gasteiger partial charge on any atom is -0.307 e. The lowest BCUT2D eigenvalue weighted by atomic mass is 10.00. The van der Waals surface area contributed by atoms with Crippen molar-refractivity contribution < 1.29 is 0 Å². The van der Waals surface area contributed by atoms with E-state index < -0.39 is 0 Å². The highest BCUT2D eigenvalue weighted by atomic mass is 15.3. The molecule has 0 bridgehead atoms. The second kappa shape index (κ2) is 5.37. The van der Waals surface area contributed by atoms with Crippen molar-refractivity contribution in [1.82, 2.24) is 20.1 Å². The molecule has 0 unspecified atom stereocenters. The third-order valence-electron chi connectivity index (χ3n) is 3.97. The normalized spacial score (nSPS) is 14.8. The summed E-state index contributed by atoms with van der Waals surface area (Å²) in [5, 5.41) is 7.88. The number of nitrogens with zero attached hydrogens (tertiary/aromatic N) is 3. The van der Waals surface area contributed by atoms with E-state index in [1.54, 1.807) is 6.33 Å². The van der Waals surface area contributed by atoms with Gasteiger partial charge in [-0.05, 0) is 50.3 Å². The molecule has 1 saturated carbocycles. The fourth-order valence-corrected chi connectivity index (χ4v) is 2.69. The van der Waals surface area contributed by atoms with Crippen LogP contribution in [0.25, 0.3) is 0 Å². The first-order valence-corrected chi connectivity index (χ1v) is 7.30. The summed E-state index contributed by atoms with van der Waals surface area (Å²) in [7, 11) is 0. The maximum absolute atomic E-state index is 4.38. The van der Waals surface area contributed by atoms with Gasteiger partial charge in [-0.3, -0.25) is 0 Å². The van der Waals surface area contributed by atoms with Gasteiger partial charge in [-0.2, -0.15) is 5.10 Å². The maximum Gasteiger partial charge on any atom is 0.141 e. The molecule has 1 aliphatic carbocycles. The zero-order chi connectivity index (χ0) is 14.1. The second-order valence-electron chi connectivity index (χ2n) is 5.87. The molecule has 0 spiro atoms. The van der Waals surface area contributed by atoms with Crippen molar-refractivity contribution in [2.24, 2.45) is 0 Å². The van der Waals surface area contributed by atoms with E-state index in [-0.39, 0.29) is 0 Å². The number of aryl methyl sites for hydroxylation is 3. The van der Waals surface area contributed by atoms with Gasteiger partial charge in [0, 0.05) is 6.04 Å². The van der Waals surface area contributed by atoms with E-state index in [1.807, 2.05) is 4.68 Å². The van der Waals surface area contributed by atoms with Crippen LogP contribution in [0, 0.1) is 20.8 Å². The first-order valence-electron chi connectivity index (χ1n) is 7.30. The molecule has 2 aromatic rings. The van der Waals surface area contributed by atoms with E-state index >= 15 is 0 Å². The highest BCUT2D eigenvalue weighted by Crippen LogP contribution is 2.20. The molecule has 3 rings (SSSR count). The van der Waals surface area contributed by atoms with E-state index in [0.29, 0.717) is 6.04 Å². The van der Waals surface area contributed by atoms with Gasteiger partial charge in [0.1, 0.15) is 12.2 Å². The predicted molar refractivity (Wildman–Crippen MR) is 79.6 cm³/mol. The van der Waals surface area contributed by atoms with Crippen LogP contribution >= 0.6 is 0 Å². The monoisotopic (exact) mass is 270 g/mol. The Balaban J connectivity index is 1.78. The Hall–Kier alpha value is -1.68. The summed E-state index contributed by atoms with van der Waals surface area (Å²) < 4.78 is 2.01. The number of aromatic nitrogens is 3. The SMILES string of the molecule is Cc1cc(C)c(Cn2ncnc2CNC2CC2)c(C)c1. The van der Waals surface area contributed by atoms with Crippen molar-refractivity contribution in [2.75, 3.05) is 0 Å². The van der Waals surface area contributed by atoms with Crippen molar-refractivity contribution in [2.45, 2.75) is 52.7 Å². The molecule has 0 saturated heterocycles. The smallest absolute Gasteiger partial charge is 0.141 e. The second-order valence-corrected chi connectivity index (χ2v) is 5.87. The van der Waals surface area contributed by atoms with Gasteiger partial charge in [0.2, 0.25) is 0 Å². The fourth-order valence-electron chi connectivity index (χ4n) is 2.69. The third kappa shape index (κ3) is 2.90. The summed E-state index contributed by atoms with van der Waals surface area (Å²) in [4.78, 5) is 4.38. The molecule has 1 aliphatic rings. The Kier molecular flexibility index (Phi) is 3.57. The molecular formula is C16H22N4. The van der Waals surface area contributed by atoms with Crippen LogP contribution in [0.1, 0.15) is 40.9 Å². The molecule has 4 nitrogen and oxygen atoms in total. The van der Waals surface area contributed by atoms with E-state index in [4.69, 9.17) is 0 Å². The van der Waals surface area contributed by atoms with Crippen LogP contribution in [-0.2, 0) is 13.1 Å². The Morgan fingerprint density at radius 1 is 1.20 bits per heavy atom. The summed E-state index contributed by atoms with van der Waals surface area (Å²) in [5.74, 6) is 1.02. The number of hydrogen-bond acceptors (Lipinski definition) is 3. The van der Waals surface area contributed by atoms with E-state index in [0.717, 1.165) is 18.9 Å². The summed E-state index contributed by atoms with van der Waals surface area (Å²) >= 11 is 0. The average Bonchev–Trinajstić information content (AvgIpc) is 3.11. The molecule has 1 aromatic carbocycles. The topological polar surface area (TPSA) is 42.7 Å². The van der Waals surface area contributed by atoms with Gasteiger partial charge < -0.3 is 5.32 Å². The Bertz CT molecular complexity index is 588. The first-order chi connectivity index (χ1) is 9.63. The first kappa shape index (κ1) is 13.3. The average molecular weight is 270 g/mol. The van der Waals surface area contributed by atoms with Crippen LogP contribution in [0.2, 0.25) is 0 Å². The molecule has 1 N–H and O–H groups in total. The molecule has 1 aromatic heterocycles. The molecule has 106 valence electrons. The highest BCUT2D eigenvalue weighted by Gasteiger charge is 2.21. The molecule has 1 fully saturated rings. The van der Waals surface area contributed by atoms with Crippen LogP contribution in [-0.4, -0.2) is 20.8 Å². The maximum atomic E-state index is 4.38. The van der Waals surface area contributed by atoms with E-state index in [1.165, 1.54) is 35.1 Å². The van der Waals surface area contributed by atoms with Gasteiger partial charge in [-0.1, -0.05) is 17.7 Å². The molecule has 0 atom stereocenters. The van der Waals surface area contributed by atoms with Gasteiger partial charge in [-0.25, -0.2) is 9.67 Å². The van der Waals surface area contributed by atoms with Crippen LogP contribution in [0.15, 0.2) is 18.5 Å². The fraction of sp³-hybridized carbons (Fsp3) is 0.500. The van der Waals surface area contributed by atoms with Crippen LogP contribution in [0.5, 0.6) is 0 Å². The lowest BCUT2D eigenvalue weighted by Crippen LogP contribution is -2.20. The molecule has 4 heteroatoms. The van der Waals surface area contributed by atoms with Gasteiger partial charge >= 0.3 is 0 Å². The van der Waals surface area contributed by atoms with Crippen LogP contribution in [0.4, 0.5) is 0 Å². The third-order valence-corrected chi connectivity index (χ3v) is 3.97. The number of nitrogens with one attached hydrogen (secondary N) is 1. The lowest BCUT2D eigenvalue weighted by molar-refractivity contribution is 0.581. The van der Waals surface area contributed by atoms with Crippen molar-refractivity contribution in [3.8, 4) is 0 Å². The zero-order valence-electron chi connectivity index (χ0n) is 12.5. The van der Waals surface area contributed by atoms with Crippen molar-refractivity contribution in [1.29, 1.82) is 0 Å². The summed E-state index contributed by atoms with van der Waals surface area (Å²) in [5.41, 5.74) is 5.34. The molecule has 0 aliphatic heterocycles. The molecule has 1 heterocycles. The summed E-state index contributed by atoms with van der Waals surface area (Å²) in [6, 6.07) is 5.17. The van der Waals surface area contributed by atoms with Crippen LogP contribution < -0.4 is 5.32 Å². The van der Waals surface area contributed by atoms with Gasteiger partial charge in [-0.15, -0.1) is 0 Å².